The number of rotatable bonds is 3. The zero-order valence-corrected chi connectivity index (χ0v) is 13.7. The molecular weight excluding hydrogens is 341 g/mol. The van der Waals surface area contributed by atoms with Gasteiger partial charge in [-0.25, -0.2) is 14.8 Å². The molecule has 0 fully saturated rings. The van der Waals surface area contributed by atoms with Gasteiger partial charge in [-0.15, -0.1) is 0 Å². The Hall–Kier alpha value is -2.65. The summed E-state index contributed by atoms with van der Waals surface area (Å²) in [6.45, 7) is 5.56. The Morgan fingerprint density at radius 2 is 2.04 bits per heavy atom. The summed E-state index contributed by atoms with van der Waals surface area (Å²) in [5.41, 5.74) is 1.64. The average Bonchev–Trinajstić information content (AvgIpc) is 2.74. The SMILES string of the molecule is CC(C)CNC(=O)C1=Cc2cncnc2NCC1.O=C(O)C(F)(F)F. The van der Waals surface area contributed by atoms with Crippen LogP contribution in [0.15, 0.2) is 18.1 Å². The number of nitrogens with zero attached hydrogens (tertiary/aromatic N) is 2. The molecule has 0 radical (unpaired) electrons. The number of carboxylic acids is 1. The second-order valence-corrected chi connectivity index (χ2v) is 5.58. The van der Waals surface area contributed by atoms with Gasteiger partial charge in [-0.05, 0) is 18.4 Å². The normalized spacial score (nSPS) is 13.4. The van der Waals surface area contributed by atoms with Gasteiger partial charge in [-0.2, -0.15) is 13.2 Å². The predicted octanol–water partition coefficient (Wildman–Crippen LogP) is 2.08. The van der Waals surface area contributed by atoms with Crippen molar-refractivity contribution in [3.8, 4) is 0 Å². The minimum atomic E-state index is -5.08. The molecule has 0 aromatic carbocycles. The molecule has 1 aliphatic heterocycles. The molecule has 0 saturated carbocycles. The summed E-state index contributed by atoms with van der Waals surface area (Å²) in [5, 5.41) is 13.3. The van der Waals surface area contributed by atoms with E-state index in [1.807, 2.05) is 6.08 Å². The number of aliphatic carboxylic acids is 1. The number of carboxylic acid groups (broad SMARTS) is 1. The lowest BCUT2D eigenvalue weighted by Crippen LogP contribution is -2.29. The van der Waals surface area contributed by atoms with Crippen LogP contribution in [0, 0.1) is 5.92 Å². The van der Waals surface area contributed by atoms with Crippen LogP contribution in [0.25, 0.3) is 6.08 Å². The highest BCUT2D eigenvalue weighted by Gasteiger charge is 2.38. The Kier molecular flexibility index (Phi) is 7.34. The number of amides is 1. The highest BCUT2D eigenvalue weighted by atomic mass is 19.4. The number of anilines is 1. The van der Waals surface area contributed by atoms with Gasteiger partial charge in [0.2, 0.25) is 5.91 Å². The maximum Gasteiger partial charge on any atom is 0.490 e. The van der Waals surface area contributed by atoms with Crippen molar-refractivity contribution in [1.29, 1.82) is 0 Å². The molecule has 1 aliphatic rings. The summed E-state index contributed by atoms with van der Waals surface area (Å²) in [6.07, 6.45) is 0.700. The monoisotopic (exact) mass is 360 g/mol. The van der Waals surface area contributed by atoms with E-state index in [0.29, 0.717) is 25.4 Å². The van der Waals surface area contributed by atoms with Gasteiger partial charge < -0.3 is 15.7 Å². The molecule has 138 valence electrons. The maximum absolute atomic E-state index is 12.0. The minimum absolute atomic E-state index is 0.00204. The Labute approximate surface area is 142 Å². The summed E-state index contributed by atoms with van der Waals surface area (Å²) in [4.78, 5) is 29.0. The van der Waals surface area contributed by atoms with Crippen LogP contribution in [-0.2, 0) is 9.59 Å². The average molecular weight is 360 g/mol. The van der Waals surface area contributed by atoms with Gasteiger partial charge in [-0.3, -0.25) is 4.79 Å². The van der Waals surface area contributed by atoms with E-state index in [9.17, 15) is 18.0 Å². The van der Waals surface area contributed by atoms with Crippen molar-refractivity contribution < 1.29 is 27.9 Å². The van der Waals surface area contributed by atoms with E-state index in [1.54, 1.807) is 6.20 Å². The van der Waals surface area contributed by atoms with E-state index in [1.165, 1.54) is 6.33 Å². The van der Waals surface area contributed by atoms with Crippen molar-refractivity contribution in [3.05, 3.63) is 23.7 Å². The predicted molar refractivity (Wildman–Crippen MR) is 84.7 cm³/mol. The molecule has 0 unspecified atom stereocenters. The first-order valence-electron chi connectivity index (χ1n) is 7.44. The number of carbonyl (C=O) groups excluding carboxylic acids is 1. The molecule has 10 heteroatoms. The number of nitrogens with one attached hydrogen (secondary N) is 2. The third-order valence-electron chi connectivity index (χ3n) is 2.96. The van der Waals surface area contributed by atoms with Crippen LogP contribution in [-0.4, -0.2) is 46.2 Å². The Bertz CT molecular complexity index is 645. The number of carbonyl (C=O) groups is 2. The van der Waals surface area contributed by atoms with Gasteiger partial charge in [0.05, 0.1) is 0 Å². The van der Waals surface area contributed by atoms with Crippen LogP contribution in [0.4, 0.5) is 19.0 Å². The third kappa shape index (κ3) is 7.19. The quantitative estimate of drug-likeness (QED) is 0.762. The van der Waals surface area contributed by atoms with Crippen LogP contribution in [0.1, 0.15) is 25.8 Å². The first-order valence-corrected chi connectivity index (χ1v) is 7.44. The molecule has 0 atom stereocenters. The summed E-state index contributed by atoms with van der Waals surface area (Å²) in [5.74, 6) is -1.51. The van der Waals surface area contributed by atoms with Gasteiger partial charge in [-0.1, -0.05) is 13.8 Å². The van der Waals surface area contributed by atoms with Gasteiger partial charge in [0.1, 0.15) is 12.1 Å². The molecule has 2 rings (SSSR count). The van der Waals surface area contributed by atoms with Crippen molar-refractivity contribution in [2.45, 2.75) is 26.4 Å². The molecule has 25 heavy (non-hydrogen) atoms. The Morgan fingerprint density at radius 1 is 1.40 bits per heavy atom. The van der Waals surface area contributed by atoms with Crippen molar-refractivity contribution in [2.24, 2.45) is 5.92 Å². The lowest BCUT2D eigenvalue weighted by molar-refractivity contribution is -0.192. The first kappa shape index (κ1) is 20.4. The van der Waals surface area contributed by atoms with E-state index in [4.69, 9.17) is 9.90 Å². The van der Waals surface area contributed by atoms with E-state index in [0.717, 1.165) is 17.0 Å². The number of halogens is 3. The molecule has 2 heterocycles. The lowest BCUT2D eigenvalue weighted by Gasteiger charge is -2.09. The van der Waals surface area contributed by atoms with Crippen LogP contribution >= 0.6 is 0 Å². The Balaban J connectivity index is 0.000000381. The van der Waals surface area contributed by atoms with Crippen molar-refractivity contribution in [1.82, 2.24) is 15.3 Å². The number of aromatic nitrogens is 2. The highest BCUT2D eigenvalue weighted by Crippen LogP contribution is 2.20. The van der Waals surface area contributed by atoms with Crippen molar-refractivity contribution in [2.75, 3.05) is 18.4 Å². The fraction of sp³-hybridized carbons (Fsp3) is 0.467. The summed E-state index contributed by atoms with van der Waals surface area (Å²) >= 11 is 0. The standard InChI is InChI=1S/C13H18N4O.C2HF3O2/c1-9(2)6-16-13(18)10-3-4-15-12-11(5-10)7-14-8-17-12;3-2(4,5)1(6)7/h5,7-9H,3-4,6H2,1-2H3,(H,16,18)(H,14,15,17);(H,6,7). The summed E-state index contributed by atoms with van der Waals surface area (Å²) in [6, 6.07) is 0. The highest BCUT2D eigenvalue weighted by molar-refractivity contribution is 5.98. The van der Waals surface area contributed by atoms with Gasteiger partial charge in [0, 0.05) is 30.4 Å². The van der Waals surface area contributed by atoms with Crippen LogP contribution in [0.5, 0.6) is 0 Å². The Morgan fingerprint density at radius 3 is 2.60 bits per heavy atom. The zero-order chi connectivity index (χ0) is 19.0. The van der Waals surface area contributed by atoms with Gasteiger partial charge in [0.15, 0.2) is 0 Å². The largest absolute Gasteiger partial charge is 0.490 e. The smallest absolute Gasteiger partial charge is 0.475 e. The number of fused-ring (bicyclic) bond motifs is 1. The fourth-order valence-corrected chi connectivity index (χ4v) is 1.76. The van der Waals surface area contributed by atoms with Gasteiger partial charge in [0.25, 0.3) is 0 Å². The molecule has 7 nitrogen and oxygen atoms in total. The molecule has 0 bridgehead atoms. The lowest BCUT2D eigenvalue weighted by atomic mass is 10.1. The third-order valence-corrected chi connectivity index (χ3v) is 2.96. The van der Waals surface area contributed by atoms with E-state index in [2.05, 4.69) is 34.4 Å². The number of alkyl halides is 3. The molecule has 1 amide bonds. The second-order valence-electron chi connectivity index (χ2n) is 5.58. The molecule has 3 N–H and O–H groups in total. The summed E-state index contributed by atoms with van der Waals surface area (Å²) in [7, 11) is 0. The number of hydrogen-bond donors (Lipinski definition) is 3. The zero-order valence-electron chi connectivity index (χ0n) is 13.7. The van der Waals surface area contributed by atoms with Crippen LogP contribution in [0.3, 0.4) is 0 Å². The van der Waals surface area contributed by atoms with Crippen LogP contribution in [0.2, 0.25) is 0 Å². The summed E-state index contributed by atoms with van der Waals surface area (Å²) < 4.78 is 31.7. The van der Waals surface area contributed by atoms with Crippen LogP contribution < -0.4 is 10.6 Å². The molecule has 0 aliphatic carbocycles. The maximum atomic E-state index is 12.0. The van der Waals surface area contributed by atoms with E-state index in [-0.39, 0.29) is 5.91 Å². The molecule has 0 spiro atoms. The molecule has 1 aromatic heterocycles. The second kappa shape index (κ2) is 9.00. The van der Waals surface area contributed by atoms with E-state index < -0.39 is 12.1 Å². The fourth-order valence-electron chi connectivity index (χ4n) is 1.76. The molecular formula is C15H19F3N4O3. The van der Waals surface area contributed by atoms with Crippen molar-refractivity contribution in [3.63, 3.8) is 0 Å². The first-order chi connectivity index (χ1) is 11.6. The molecule has 0 saturated heterocycles. The van der Waals surface area contributed by atoms with Crippen molar-refractivity contribution >= 4 is 23.8 Å². The van der Waals surface area contributed by atoms with Gasteiger partial charge >= 0.3 is 12.1 Å². The number of hydrogen-bond acceptors (Lipinski definition) is 5. The van der Waals surface area contributed by atoms with E-state index >= 15 is 0 Å². The minimum Gasteiger partial charge on any atom is -0.475 e. The molecule has 1 aromatic rings. The topological polar surface area (TPSA) is 104 Å².